The first kappa shape index (κ1) is 8.16. The Labute approximate surface area is 64.6 Å². The average Bonchev–Trinajstić information content (AvgIpc) is 2.03. The number of nitrogens with one attached hydrogen (secondary N) is 2. The molecule has 0 spiro atoms. The van der Waals surface area contributed by atoms with Crippen LogP contribution >= 0.6 is 0 Å². The fourth-order valence-corrected chi connectivity index (χ4v) is 0.968. The van der Waals surface area contributed by atoms with E-state index in [-0.39, 0.29) is 6.17 Å². The summed E-state index contributed by atoms with van der Waals surface area (Å²) in [5.41, 5.74) is 0. The van der Waals surface area contributed by atoms with Gasteiger partial charge < -0.3 is 0 Å². The second-order valence-corrected chi connectivity index (χ2v) is 2.37. The summed E-state index contributed by atoms with van der Waals surface area (Å²) in [5, 5.41) is 16.0. The summed E-state index contributed by atoms with van der Waals surface area (Å²) in [6, 6.07) is 0. The normalized spacial score (nSPS) is 20.7. The molecule has 1 saturated heterocycles. The van der Waals surface area contributed by atoms with Gasteiger partial charge >= 0.3 is 0 Å². The minimum Gasteiger partial charge on any atom is -0.298 e. The lowest BCUT2D eigenvalue weighted by atomic mass is 10.3. The van der Waals surface area contributed by atoms with Gasteiger partial charge in [-0.2, -0.15) is 0 Å². The first-order valence-corrected chi connectivity index (χ1v) is 3.57. The topological polar surface area (TPSA) is 67.2 Å². The predicted molar refractivity (Wildman–Crippen MR) is 40.5 cm³/mol. The quantitative estimate of drug-likeness (QED) is 0.426. The smallest absolute Gasteiger partial charge is 0.233 e. The Morgan fingerprint density at radius 1 is 1.45 bits per heavy atom. The van der Waals surface area contributed by atoms with E-state index >= 15 is 0 Å². The Balaban J connectivity index is 2.29. The van der Waals surface area contributed by atoms with E-state index in [0.717, 1.165) is 25.7 Å². The van der Waals surface area contributed by atoms with Gasteiger partial charge in [0.2, 0.25) is 6.20 Å². The molecular weight excluding hydrogens is 146 g/mol. The highest BCUT2D eigenvalue weighted by atomic mass is 16.6. The van der Waals surface area contributed by atoms with Gasteiger partial charge in [0.1, 0.15) is 0 Å². The largest absolute Gasteiger partial charge is 0.298 e. The summed E-state index contributed by atoms with van der Waals surface area (Å²) in [4.78, 5) is 9.44. The molecule has 1 rings (SSSR count). The summed E-state index contributed by atoms with van der Waals surface area (Å²) in [5.74, 6) is 0. The SMILES string of the molecule is O=[N+]([O-])C=CC1NCCCN1. The van der Waals surface area contributed by atoms with Gasteiger partial charge in [0.15, 0.2) is 0 Å². The molecule has 0 atom stereocenters. The molecule has 5 heteroatoms. The Morgan fingerprint density at radius 2 is 2.09 bits per heavy atom. The van der Waals surface area contributed by atoms with Crippen molar-refractivity contribution in [3.63, 3.8) is 0 Å². The molecule has 0 aromatic heterocycles. The van der Waals surface area contributed by atoms with Crippen molar-refractivity contribution in [2.45, 2.75) is 12.6 Å². The van der Waals surface area contributed by atoms with Crippen LogP contribution in [-0.4, -0.2) is 24.2 Å². The third-order valence-electron chi connectivity index (χ3n) is 1.48. The van der Waals surface area contributed by atoms with E-state index in [0.29, 0.717) is 0 Å². The standard InChI is InChI=1S/C6H11N3O2/c10-9(11)5-2-6-7-3-1-4-8-6/h2,5-8H,1,3-4H2. The summed E-state index contributed by atoms with van der Waals surface area (Å²) in [6.45, 7) is 1.83. The maximum absolute atomic E-state index is 9.91. The molecule has 1 aliphatic rings. The van der Waals surface area contributed by atoms with Crippen LogP contribution in [0.4, 0.5) is 0 Å². The van der Waals surface area contributed by atoms with Crippen LogP contribution in [0.3, 0.4) is 0 Å². The molecule has 1 heterocycles. The predicted octanol–water partition coefficient (Wildman–Crippen LogP) is -0.314. The highest BCUT2D eigenvalue weighted by Crippen LogP contribution is 1.90. The molecular formula is C6H11N3O2. The van der Waals surface area contributed by atoms with E-state index in [2.05, 4.69) is 10.6 Å². The Hall–Kier alpha value is -0.940. The molecule has 0 amide bonds. The molecule has 0 bridgehead atoms. The van der Waals surface area contributed by atoms with Gasteiger partial charge in [-0.15, -0.1) is 0 Å². The molecule has 1 fully saturated rings. The van der Waals surface area contributed by atoms with Crippen molar-refractivity contribution in [1.82, 2.24) is 10.6 Å². The van der Waals surface area contributed by atoms with Gasteiger partial charge in [-0.1, -0.05) is 0 Å². The van der Waals surface area contributed by atoms with Crippen molar-refractivity contribution in [3.05, 3.63) is 22.4 Å². The van der Waals surface area contributed by atoms with E-state index in [1.807, 2.05) is 0 Å². The fraction of sp³-hybridized carbons (Fsp3) is 0.667. The molecule has 0 unspecified atom stereocenters. The van der Waals surface area contributed by atoms with E-state index in [4.69, 9.17) is 0 Å². The zero-order valence-electron chi connectivity index (χ0n) is 6.12. The van der Waals surface area contributed by atoms with Crippen LogP contribution in [0.1, 0.15) is 6.42 Å². The van der Waals surface area contributed by atoms with E-state index < -0.39 is 4.92 Å². The first-order valence-electron chi connectivity index (χ1n) is 3.57. The number of hydrogen-bond acceptors (Lipinski definition) is 4. The van der Waals surface area contributed by atoms with Crippen molar-refractivity contribution in [2.75, 3.05) is 13.1 Å². The van der Waals surface area contributed by atoms with E-state index in [1.165, 1.54) is 6.08 Å². The molecule has 5 nitrogen and oxygen atoms in total. The van der Waals surface area contributed by atoms with Crippen molar-refractivity contribution in [3.8, 4) is 0 Å². The fourth-order valence-electron chi connectivity index (χ4n) is 0.968. The zero-order chi connectivity index (χ0) is 8.10. The third kappa shape index (κ3) is 3.10. The summed E-state index contributed by atoms with van der Waals surface area (Å²) in [6.07, 6.45) is 3.51. The summed E-state index contributed by atoms with van der Waals surface area (Å²) >= 11 is 0. The number of nitrogens with zero attached hydrogens (tertiary/aromatic N) is 1. The zero-order valence-corrected chi connectivity index (χ0v) is 6.12. The Bertz CT molecular complexity index is 163. The highest BCUT2D eigenvalue weighted by Gasteiger charge is 2.07. The molecule has 62 valence electrons. The molecule has 2 N–H and O–H groups in total. The van der Waals surface area contributed by atoms with Gasteiger partial charge in [0, 0.05) is 6.08 Å². The summed E-state index contributed by atoms with van der Waals surface area (Å²) < 4.78 is 0. The van der Waals surface area contributed by atoms with Crippen LogP contribution in [-0.2, 0) is 0 Å². The van der Waals surface area contributed by atoms with Crippen LogP contribution in [0.5, 0.6) is 0 Å². The minimum absolute atomic E-state index is 0.0332. The lowest BCUT2D eigenvalue weighted by Gasteiger charge is -2.20. The number of rotatable bonds is 2. The Kier molecular flexibility index (Phi) is 3.00. The highest BCUT2D eigenvalue weighted by molar-refractivity contribution is 4.88. The van der Waals surface area contributed by atoms with Crippen LogP contribution in [0, 0.1) is 10.1 Å². The maximum Gasteiger partial charge on any atom is 0.233 e. The van der Waals surface area contributed by atoms with Crippen LogP contribution in [0.2, 0.25) is 0 Å². The monoisotopic (exact) mass is 157 g/mol. The molecule has 0 aromatic rings. The Morgan fingerprint density at radius 3 is 2.64 bits per heavy atom. The lowest BCUT2D eigenvalue weighted by molar-refractivity contribution is -0.402. The molecule has 11 heavy (non-hydrogen) atoms. The molecule has 0 radical (unpaired) electrons. The maximum atomic E-state index is 9.91. The number of hydrogen-bond donors (Lipinski definition) is 2. The summed E-state index contributed by atoms with van der Waals surface area (Å²) in [7, 11) is 0. The van der Waals surface area contributed by atoms with Crippen LogP contribution in [0.25, 0.3) is 0 Å². The first-order chi connectivity index (χ1) is 5.29. The van der Waals surface area contributed by atoms with Crippen molar-refractivity contribution in [2.24, 2.45) is 0 Å². The lowest BCUT2D eigenvalue weighted by Crippen LogP contribution is -2.46. The minimum atomic E-state index is -0.460. The van der Waals surface area contributed by atoms with Gasteiger partial charge in [0.25, 0.3) is 0 Å². The van der Waals surface area contributed by atoms with Gasteiger partial charge in [-0.05, 0) is 19.5 Å². The number of nitro groups is 1. The van der Waals surface area contributed by atoms with Gasteiger partial charge in [-0.25, -0.2) is 0 Å². The average molecular weight is 157 g/mol. The van der Waals surface area contributed by atoms with Gasteiger partial charge in [0.05, 0.1) is 11.1 Å². The third-order valence-corrected chi connectivity index (χ3v) is 1.48. The van der Waals surface area contributed by atoms with Gasteiger partial charge in [-0.3, -0.25) is 20.7 Å². The molecule has 0 aromatic carbocycles. The van der Waals surface area contributed by atoms with Crippen molar-refractivity contribution >= 4 is 0 Å². The van der Waals surface area contributed by atoms with Crippen LogP contribution in [0.15, 0.2) is 12.3 Å². The van der Waals surface area contributed by atoms with Crippen molar-refractivity contribution < 1.29 is 4.92 Å². The second kappa shape index (κ2) is 4.05. The molecule has 1 aliphatic heterocycles. The van der Waals surface area contributed by atoms with E-state index in [9.17, 15) is 10.1 Å². The van der Waals surface area contributed by atoms with Crippen molar-refractivity contribution in [1.29, 1.82) is 0 Å². The second-order valence-electron chi connectivity index (χ2n) is 2.37. The molecule has 0 aliphatic carbocycles. The van der Waals surface area contributed by atoms with E-state index in [1.54, 1.807) is 0 Å². The molecule has 0 saturated carbocycles. The van der Waals surface area contributed by atoms with Crippen LogP contribution < -0.4 is 10.6 Å².